The fourth-order valence-corrected chi connectivity index (χ4v) is 3.26. The number of nitrogens with zero attached hydrogens (tertiary/aromatic N) is 2. The van der Waals surface area contributed by atoms with Gasteiger partial charge in [-0.3, -0.25) is 4.79 Å². The van der Waals surface area contributed by atoms with Crippen molar-refractivity contribution in [1.29, 1.82) is 0 Å². The van der Waals surface area contributed by atoms with Crippen molar-refractivity contribution in [2.75, 3.05) is 25.6 Å². The van der Waals surface area contributed by atoms with Crippen LogP contribution in [-0.4, -0.2) is 42.1 Å². The Morgan fingerprint density at radius 3 is 2.68 bits per heavy atom. The zero-order valence-corrected chi connectivity index (χ0v) is 15.4. The summed E-state index contributed by atoms with van der Waals surface area (Å²) in [6, 6.07) is 2.37. The van der Waals surface area contributed by atoms with Crippen molar-refractivity contribution >= 4 is 23.3 Å². The number of anilines is 1. The average Bonchev–Trinajstić information content (AvgIpc) is 2.98. The number of amides is 1. The number of ether oxygens (including phenoxy) is 1. The van der Waals surface area contributed by atoms with Crippen LogP contribution in [0.4, 0.5) is 23.4 Å². The van der Waals surface area contributed by atoms with E-state index in [4.69, 9.17) is 16.3 Å². The smallest absolute Gasteiger partial charge is 0.383 e. The molecule has 2 heterocycles. The first kappa shape index (κ1) is 20.4. The standard InChI is InChI=1S/C17H17ClF4N4O2/c1-28-7-6-23-16(27)14-13(18)15-24-11(9-2-4-10(19)5-3-9)8-12(17(20,21)22)26(15)25-14/h2-5,11-12,24H,6-8H2,1H3,(H,23,27)/t11-,12-/m0/s1. The van der Waals surface area contributed by atoms with Crippen molar-refractivity contribution in [3.63, 3.8) is 0 Å². The summed E-state index contributed by atoms with van der Waals surface area (Å²) in [6.07, 6.45) is -5.00. The summed E-state index contributed by atoms with van der Waals surface area (Å²) in [5.41, 5.74) is 0.152. The van der Waals surface area contributed by atoms with Crippen LogP contribution in [0.25, 0.3) is 0 Å². The zero-order valence-electron chi connectivity index (χ0n) is 14.7. The van der Waals surface area contributed by atoms with Gasteiger partial charge in [0.25, 0.3) is 5.91 Å². The minimum atomic E-state index is -4.62. The Labute approximate surface area is 162 Å². The highest BCUT2D eigenvalue weighted by Crippen LogP contribution is 2.46. The van der Waals surface area contributed by atoms with E-state index in [1.807, 2.05) is 0 Å². The molecular formula is C17H17ClF4N4O2. The van der Waals surface area contributed by atoms with Crippen molar-refractivity contribution in [1.82, 2.24) is 15.1 Å². The molecule has 0 bridgehead atoms. The van der Waals surface area contributed by atoms with E-state index in [1.54, 1.807) is 0 Å². The summed E-state index contributed by atoms with van der Waals surface area (Å²) in [7, 11) is 1.45. The first-order valence-corrected chi connectivity index (χ1v) is 8.74. The quantitative estimate of drug-likeness (QED) is 0.571. The molecule has 0 unspecified atom stereocenters. The van der Waals surface area contributed by atoms with Gasteiger partial charge < -0.3 is 15.4 Å². The van der Waals surface area contributed by atoms with Gasteiger partial charge in [0.15, 0.2) is 11.7 Å². The van der Waals surface area contributed by atoms with Crippen LogP contribution in [0.15, 0.2) is 24.3 Å². The van der Waals surface area contributed by atoms with Crippen LogP contribution in [0.2, 0.25) is 5.02 Å². The van der Waals surface area contributed by atoms with E-state index in [-0.39, 0.29) is 36.1 Å². The molecule has 11 heteroatoms. The molecule has 2 N–H and O–H groups in total. The fourth-order valence-electron chi connectivity index (χ4n) is 3.00. The van der Waals surface area contributed by atoms with Crippen LogP contribution >= 0.6 is 11.6 Å². The van der Waals surface area contributed by atoms with Crippen molar-refractivity contribution in [2.45, 2.75) is 24.7 Å². The summed E-state index contributed by atoms with van der Waals surface area (Å²) < 4.78 is 59.6. The molecule has 0 saturated heterocycles. The van der Waals surface area contributed by atoms with Gasteiger partial charge in [0.05, 0.1) is 12.6 Å². The minimum absolute atomic E-state index is 0.110. The number of alkyl halides is 3. The van der Waals surface area contributed by atoms with Gasteiger partial charge in [-0.1, -0.05) is 23.7 Å². The van der Waals surface area contributed by atoms with Crippen LogP contribution in [0, 0.1) is 5.82 Å². The second kappa shape index (κ2) is 7.96. The molecule has 28 heavy (non-hydrogen) atoms. The Bertz CT molecular complexity index is 854. The monoisotopic (exact) mass is 420 g/mol. The summed E-state index contributed by atoms with van der Waals surface area (Å²) >= 11 is 6.18. The van der Waals surface area contributed by atoms with E-state index in [1.165, 1.54) is 31.4 Å². The number of hydrogen-bond acceptors (Lipinski definition) is 4. The van der Waals surface area contributed by atoms with Gasteiger partial charge in [-0.25, -0.2) is 9.07 Å². The number of benzene rings is 1. The third-order valence-corrected chi connectivity index (χ3v) is 4.73. The first-order chi connectivity index (χ1) is 13.2. The number of nitrogens with one attached hydrogen (secondary N) is 2. The SMILES string of the molecule is COCCNC(=O)c1nn2c(c1Cl)N[C@H](c1ccc(F)cc1)C[C@H]2C(F)(F)F. The molecule has 2 atom stereocenters. The number of rotatable bonds is 5. The molecule has 0 saturated carbocycles. The van der Waals surface area contributed by atoms with Gasteiger partial charge in [0.1, 0.15) is 16.7 Å². The van der Waals surface area contributed by atoms with E-state index in [2.05, 4.69) is 15.7 Å². The molecule has 0 fully saturated rings. The lowest BCUT2D eigenvalue weighted by Crippen LogP contribution is -2.36. The second-order valence-electron chi connectivity index (χ2n) is 6.25. The molecule has 1 aliphatic rings. The minimum Gasteiger partial charge on any atom is -0.383 e. The Kier molecular flexibility index (Phi) is 5.80. The maximum absolute atomic E-state index is 13.7. The van der Waals surface area contributed by atoms with Crippen molar-refractivity contribution in [3.05, 3.63) is 46.4 Å². The highest BCUT2D eigenvalue weighted by molar-refractivity contribution is 6.36. The van der Waals surface area contributed by atoms with Crippen molar-refractivity contribution in [2.24, 2.45) is 0 Å². The number of hydrogen-bond donors (Lipinski definition) is 2. The Hall–Kier alpha value is -2.33. The molecule has 2 aromatic rings. The molecule has 1 aromatic carbocycles. The molecule has 1 amide bonds. The molecule has 1 aromatic heterocycles. The predicted molar refractivity (Wildman–Crippen MR) is 93.9 cm³/mol. The summed E-state index contributed by atoms with van der Waals surface area (Å²) in [5, 5.41) is 8.96. The summed E-state index contributed by atoms with van der Waals surface area (Å²) in [4.78, 5) is 12.2. The largest absolute Gasteiger partial charge is 0.410 e. The predicted octanol–water partition coefficient (Wildman–Crippen LogP) is 3.71. The molecule has 0 radical (unpaired) electrons. The van der Waals surface area contributed by atoms with Crippen LogP contribution < -0.4 is 10.6 Å². The Balaban J connectivity index is 1.96. The molecule has 0 aliphatic carbocycles. The maximum Gasteiger partial charge on any atom is 0.410 e. The third kappa shape index (κ3) is 4.07. The number of carbonyl (C=O) groups excluding carboxylic acids is 1. The van der Waals surface area contributed by atoms with Gasteiger partial charge in [0, 0.05) is 20.1 Å². The van der Waals surface area contributed by atoms with E-state index >= 15 is 0 Å². The van der Waals surface area contributed by atoms with Crippen LogP contribution in [0.5, 0.6) is 0 Å². The van der Waals surface area contributed by atoms with E-state index in [9.17, 15) is 22.4 Å². The average molecular weight is 421 g/mol. The number of halogens is 5. The maximum atomic E-state index is 13.7. The molecule has 152 valence electrons. The topological polar surface area (TPSA) is 68.2 Å². The lowest BCUT2D eigenvalue weighted by molar-refractivity contribution is -0.173. The van der Waals surface area contributed by atoms with E-state index in [0.29, 0.717) is 10.2 Å². The zero-order chi connectivity index (χ0) is 20.5. The highest BCUT2D eigenvalue weighted by atomic mass is 35.5. The van der Waals surface area contributed by atoms with Gasteiger partial charge >= 0.3 is 6.18 Å². The first-order valence-electron chi connectivity index (χ1n) is 8.36. The molecule has 6 nitrogen and oxygen atoms in total. The van der Waals surface area contributed by atoms with E-state index in [0.717, 1.165) is 0 Å². The molecule has 3 rings (SSSR count). The molecular weight excluding hydrogens is 404 g/mol. The Morgan fingerprint density at radius 1 is 1.39 bits per heavy atom. The van der Waals surface area contributed by atoms with E-state index < -0.39 is 30.0 Å². The number of methoxy groups -OCH3 is 1. The lowest BCUT2D eigenvalue weighted by atomic mass is 9.97. The fraction of sp³-hybridized carbons (Fsp3) is 0.412. The normalized spacial score (nSPS) is 19.1. The van der Waals surface area contributed by atoms with Gasteiger partial charge in [-0.05, 0) is 17.7 Å². The Morgan fingerprint density at radius 2 is 2.07 bits per heavy atom. The van der Waals surface area contributed by atoms with Crippen molar-refractivity contribution < 1.29 is 27.1 Å². The molecule has 1 aliphatic heterocycles. The second-order valence-corrected chi connectivity index (χ2v) is 6.62. The highest BCUT2D eigenvalue weighted by Gasteiger charge is 2.47. The number of fused-ring (bicyclic) bond motifs is 1. The van der Waals surface area contributed by atoms with Gasteiger partial charge in [-0.15, -0.1) is 0 Å². The van der Waals surface area contributed by atoms with Crippen molar-refractivity contribution in [3.8, 4) is 0 Å². The summed E-state index contributed by atoms with van der Waals surface area (Å²) in [6.45, 7) is 0.384. The van der Waals surface area contributed by atoms with Crippen LogP contribution in [0.1, 0.15) is 34.6 Å². The summed E-state index contributed by atoms with van der Waals surface area (Å²) in [5.74, 6) is -1.31. The molecule has 0 spiro atoms. The van der Waals surface area contributed by atoms with Gasteiger partial charge in [0.2, 0.25) is 0 Å². The third-order valence-electron chi connectivity index (χ3n) is 4.37. The number of aromatic nitrogens is 2. The van der Waals surface area contributed by atoms with Gasteiger partial charge in [-0.2, -0.15) is 18.3 Å². The number of carbonyl (C=O) groups is 1. The lowest BCUT2D eigenvalue weighted by Gasteiger charge is -2.33. The van der Waals surface area contributed by atoms with Crippen LogP contribution in [-0.2, 0) is 4.74 Å². The van der Waals surface area contributed by atoms with Crippen LogP contribution in [0.3, 0.4) is 0 Å².